The van der Waals surface area contributed by atoms with Crippen molar-refractivity contribution in [2.24, 2.45) is 5.92 Å². The third-order valence-corrected chi connectivity index (χ3v) is 6.81. The number of aromatic nitrogens is 1. The molecule has 1 aliphatic heterocycles. The van der Waals surface area contributed by atoms with Gasteiger partial charge in [0.1, 0.15) is 0 Å². The molecule has 1 N–H and O–H groups in total. The number of benzene rings is 1. The smallest absolute Gasteiger partial charge is 0.226 e. The van der Waals surface area contributed by atoms with Crippen molar-refractivity contribution in [3.63, 3.8) is 0 Å². The number of pyridine rings is 1. The normalized spacial score (nSPS) is 18.4. The molecule has 0 unspecified atom stereocenters. The fourth-order valence-electron chi connectivity index (χ4n) is 4.71. The molecule has 2 heterocycles. The van der Waals surface area contributed by atoms with Gasteiger partial charge in [0.25, 0.3) is 0 Å². The second-order valence-corrected chi connectivity index (χ2v) is 9.28. The predicted molar refractivity (Wildman–Crippen MR) is 126 cm³/mol. The van der Waals surface area contributed by atoms with Gasteiger partial charge in [-0.1, -0.05) is 56.0 Å². The Bertz CT molecular complexity index is 819. The quantitative estimate of drug-likeness (QED) is 0.707. The van der Waals surface area contributed by atoms with E-state index in [4.69, 9.17) is 0 Å². The van der Waals surface area contributed by atoms with Crippen molar-refractivity contribution in [3.05, 3.63) is 53.9 Å². The molecule has 0 spiro atoms. The Labute approximate surface area is 186 Å². The Balaban J connectivity index is 1.24. The lowest BCUT2D eigenvalue weighted by Crippen LogP contribution is -2.43. The summed E-state index contributed by atoms with van der Waals surface area (Å²) in [5.74, 6) is 0.886. The summed E-state index contributed by atoms with van der Waals surface area (Å²) in [4.78, 5) is 21.6. The number of nitrogens with one attached hydrogen (secondary N) is 1. The van der Waals surface area contributed by atoms with Gasteiger partial charge in [0, 0.05) is 56.7 Å². The van der Waals surface area contributed by atoms with E-state index < -0.39 is 0 Å². The summed E-state index contributed by atoms with van der Waals surface area (Å²) in [6, 6.07) is 12.8. The highest BCUT2D eigenvalue weighted by molar-refractivity contribution is 5.78. The van der Waals surface area contributed by atoms with Crippen LogP contribution in [0.4, 0.5) is 0 Å². The highest BCUT2D eigenvalue weighted by Gasteiger charge is 2.15. The summed E-state index contributed by atoms with van der Waals surface area (Å²) in [6.45, 7) is 6.38. The Morgan fingerprint density at radius 3 is 2.39 bits per heavy atom. The summed E-state index contributed by atoms with van der Waals surface area (Å²) < 4.78 is 0. The second-order valence-electron chi connectivity index (χ2n) is 9.28. The van der Waals surface area contributed by atoms with Gasteiger partial charge in [-0.15, -0.1) is 0 Å². The molecule has 1 saturated carbocycles. The monoisotopic (exact) mass is 420 g/mol. The third-order valence-electron chi connectivity index (χ3n) is 6.81. The van der Waals surface area contributed by atoms with Crippen molar-refractivity contribution in [3.8, 4) is 11.1 Å². The molecule has 4 rings (SSSR count). The van der Waals surface area contributed by atoms with E-state index >= 15 is 0 Å². The largest absolute Gasteiger partial charge is 0.356 e. The van der Waals surface area contributed by atoms with Gasteiger partial charge in [0.15, 0.2) is 0 Å². The van der Waals surface area contributed by atoms with Crippen molar-refractivity contribution >= 4 is 5.91 Å². The number of hydrogen-bond donors (Lipinski definition) is 1. The van der Waals surface area contributed by atoms with E-state index in [0.29, 0.717) is 6.42 Å². The van der Waals surface area contributed by atoms with Crippen LogP contribution in [0.25, 0.3) is 11.1 Å². The van der Waals surface area contributed by atoms with E-state index in [1.54, 1.807) is 0 Å². The Morgan fingerprint density at radius 2 is 1.71 bits per heavy atom. The highest BCUT2D eigenvalue weighted by atomic mass is 16.1. The zero-order valence-corrected chi connectivity index (χ0v) is 18.9. The van der Waals surface area contributed by atoms with Crippen LogP contribution in [-0.4, -0.2) is 60.5 Å². The molecular weight excluding hydrogens is 384 g/mol. The van der Waals surface area contributed by atoms with Gasteiger partial charge in [-0.3, -0.25) is 14.7 Å². The SMILES string of the molecule is CN1CCN(Cc2ccc(-c3ccc(CC(=O)NCCC4CCCC4)nc3)cc2)CC1. The number of hydrogen-bond acceptors (Lipinski definition) is 4. The fraction of sp³-hybridized carbons (Fsp3) is 0.538. The molecule has 1 saturated heterocycles. The first-order valence-electron chi connectivity index (χ1n) is 11.9. The van der Waals surface area contributed by atoms with Crippen LogP contribution in [0, 0.1) is 5.92 Å². The molecule has 166 valence electrons. The zero-order valence-electron chi connectivity index (χ0n) is 18.9. The molecule has 1 aromatic heterocycles. The molecular formula is C26H36N4O. The number of piperazine rings is 1. The number of amides is 1. The van der Waals surface area contributed by atoms with E-state index in [1.807, 2.05) is 12.3 Å². The van der Waals surface area contributed by atoms with Gasteiger partial charge in [-0.05, 0) is 36.6 Å². The Morgan fingerprint density at radius 1 is 1.00 bits per heavy atom. The van der Waals surface area contributed by atoms with E-state index in [9.17, 15) is 4.79 Å². The van der Waals surface area contributed by atoms with Crippen molar-refractivity contribution in [1.29, 1.82) is 0 Å². The van der Waals surface area contributed by atoms with E-state index in [2.05, 4.69) is 57.5 Å². The standard InChI is InChI=1S/C26H36N4O/c1-29-14-16-30(17-15-29)20-22-6-8-23(9-7-22)24-10-11-25(28-19-24)18-26(31)27-13-12-21-4-2-3-5-21/h6-11,19,21H,2-5,12-18,20H2,1H3,(H,27,31). The summed E-state index contributed by atoms with van der Waals surface area (Å²) in [5.41, 5.74) is 4.44. The van der Waals surface area contributed by atoms with Crippen LogP contribution in [0.1, 0.15) is 43.4 Å². The van der Waals surface area contributed by atoms with Crippen LogP contribution in [0.3, 0.4) is 0 Å². The Hall–Kier alpha value is -2.24. The summed E-state index contributed by atoms with van der Waals surface area (Å²) in [7, 11) is 2.19. The van der Waals surface area contributed by atoms with Crippen LogP contribution in [-0.2, 0) is 17.8 Å². The number of likely N-dealkylation sites (N-methyl/N-ethyl adjacent to an activating group) is 1. The maximum atomic E-state index is 12.2. The molecule has 2 fully saturated rings. The summed E-state index contributed by atoms with van der Waals surface area (Å²) >= 11 is 0. The predicted octanol–water partition coefficient (Wildman–Crippen LogP) is 3.74. The Kier molecular flexibility index (Phi) is 7.71. The highest BCUT2D eigenvalue weighted by Crippen LogP contribution is 2.27. The third kappa shape index (κ3) is 6.62. The minimum atomic E-state index is 0.0755. The van der Waals surface area contributed by atoms with E-state index in [-0.39, 0.29) is 5.91 Å². The van der Waals surface area contributed by atoms with E-state index in [0.717, 1.165) is 62.9 Å². The summed E-state index contributed by atoms with van der Waals surface area (Å²) in [5, 5.41) is 3.06. The van der Waals surface area contributed by atoms with Crippen LogP contribution >= 0.6 is 0 Å². The van der Waals surface area contributed by atoms with Gasteiger partial charge >= 0.3 is 0 Å². The van der Waals surface area contributed by atoms with Crippen LogP contribution in [0.15, 0.2) is 42.6 Å². The fourth-order valence-corrected chi connectivity index (χ4v) is 4.71. The van der Waals surface area contributed by atoms with Crippen molar-refractivity contribution in [2.45, 2.75) is 45.1 Å². The molecule has 5 heteroatoms. The molecule has 1 amide bonds. The lowest BCUT2D eigenvalue weighted by Gasteiger charge is -2.32. The number of carbonyl (C=O) groups excluding carboxylic acids is 1. The first kappa shape index (κ1) is 22.0. The van der Waals surface area contributed by atoms with Crippen molar-refractivity contribution < 1.29 is 4.79 Å². The van der Waals surface area contributed by atoms with Crippen LogP contribution < -0.4 is 5.32 Å². The molecule has 1 aliphatic carbocycles. The first-order valence-corrected chi connectivity index (χ1v) is 11.9. The topological polar surface area (TPSA) is 48.5 Å². The van der Waals surface area contributed by atoms with Gasteiger partial charge in [-0.25, -0.2) is 0 Å². The second kappa shape index (κ2) is 10.9. The van der Waals surface area contributed by atoms with Gasteiger partial charge in [-0.2, -0.15) is 0 Å². The molecule has 5 nitrogen and oxygen atoms in total. The lowest BCUT2D eigenvalue weighted by atomic mass is 10.0. The molecule has 2 aromatic rings. The minimum absolute atomic E-state index is 0.0755. The summed E-state index contributed by atoms with van der Waals surface area (Å²) in [6.07, 6.45) is 8.72. The van der Waals surface area contributed by atoms with Gasteiger partial charge in [0.2, 0.25) is 5.91 Å². The number of carbonyl (C=O) groups is 1. The first-order chi connectivity index (χ1) is 15.2. The van der Waals surface area contributed by atoms with Gasteiger partial charge < -0.3 is 10.2 Å². The maximum Gasteiger partial charge on any atom is 0.226 e. The molecule has 0 atom stereocenters. The van der Waals surface area contributed by atoms with E-state index in [1.165, 1.54) is 36.8 Å². The molecule has 31 heavy (non-hydrogen) atoms. The van der Waals surface area contributed by atoms with Crippen LogP contribution in [0.5, 0.6) is 0 Å². The lowest BCUT2D eigenvalue weighted by molar-refractivity contribution is -0.120. The van der Waals surface area contributed by atoms with Crippen molar-refractivity contribution in [1.82, 2.24) is 20.1 Å². The minimum Gasteiger partial charge on any atom is -0.356 e. The molecule has 0 radical (unpaired) electrons. The molecule has 1 aromatic carbocycles. The average Bonchev–Trinajstić information content (AvgIpc) is 3.30. The van der Waals surface area contributed by atoms with Crippen LogP contribution in [0.2, 0.25) is 0 Å². The van der Waals surface area contributed by atoms with Gasteiger partial charge in [0.05, 0.1) is 6.42 Å². The zero-order chi connectivity index (χ0) is 21.5. The average molecular weight is 421 g/mol. The van der Waals surface area contributed by atoms with Crippen molar-refractivity contribution in [2.75, 3.05) is 39.8 Å². The molecule has 0 bridgehead atoms. The number of nitrogens with zero attached hydrogens (tertiary/aromatic N) is 3. The maximum absolute atomic E-state index is 12.2. The number of rotatable bonds is 8. The molecule has 2 aliphatic rings.